The van der Waals surface area contributed by atoms with Crippen molar-refractivity contribution in [3.63, 3.8) is 0 Å². The van der Waals surface area contributed by atoms with Crippen molar-refractivity contribution in [2.24, 2.45) is 4.99 Å². The third kappa shape index (κ3) is 8.57. The summed E-state index contributed by atoms with van der Waals surface area (Å²) in [4.78, 5) is 4.26. The largest absolute Gasteiger partial charge is 0.381 e. The van der Waals surface area contributed by atoms with Crippen molar-refractivity contribution in [1.82, 2.24) is 10.6 Å². The highest BCUT2D eigenvalue weighted by atomic mass is 127. The summed E-state index contributed by atoms with van der Waals surface area (Å²) in [5.41, 5.74) is 3.31. The van der Waals surface area contributed by atoms with Crippen molar-refractivity contribution >= 4 is 29.9 Å². The second-order valence-electron chi connectivity index (χ2n) is 7.18. The van der Waals surface area contributed by atoms with Gasteiger partial charge in [0.15, 0.2) is 5.96 Å². The van der Waals surface area contributed by atoms with Gasteiger partial charge in [-0.25, -0.2) is 4.39 Å². The molecule has 0 saturated carbocycles. The Morgan fingerprint density at radius 3 is 2.57 bits per heavy atom. The molecule has 0 spiro atoms. The molecule has 7 heteroatoms. The molecule has 1 saturated heterocycles. The van der Waals surface area contributed by atoms with Gasteiger partial charge in [-0.2, -0.15) is 0 Å². The lowest BCUT2D eigenvalue weighted by Crippen LogP contribution is -2.37. The lowest BCUT2D eigenvalue weighted by Gasteiger charge is -2.22. The Kier molecular flexibility index (Phi) is 11.1. The first-order valence-corrected chi connectivity index (χ1v) is 10.2. The molecule has 2 aromatic carbocycles. The number of benzene rings is 2. The Bertz CT molecular complexity index is 798. The van der Waals surface area contributed by atoms with Crippen molar-refractivity contribution < 1.29 is 13.9 Å². The van der Waals surface area contributed by atoms with E-state index in [-0.39, 0.29) is 29.8 Å². The predicted molar refractivity (Wildman–Crippen MR) is 129 cm³/mol. The Morgan fingerprint density at radius 1 is 1.07 bits per heavy atom. The first kappa shape index (κ1) is 24.6. The van der Waals surface area contributed by atoms with E-state index in [1.165, 1.54) is 17.2 Å². The predicted octanol–water partition coefficient (Wildman–Crippen LogP) is 4.05. The highest BCUT2D eigenvalue weighted by Crippen LogP contribution is 2.14. The first-order chi connectivity index (χ1) is 14.2. The van der Waals surface area contributed by atoms with Crippen LogP contribution in [0.25, 0.3) is 0 Å². The summed E-state index contributed by atoms with van der Waals surface area (Å²) in [7, 11) is 1.75. The van der Waals surface area contributed by atoms with E-state index in [1.807, 2.05) is 6.07 Å². The molecule has 2 N–H and O–H groups in total. The van der Waals surface area contributed by atoms with Crippen LogP contribution in [0.4, 0.5) is 4.39 Å². The van der Waals surface area contributed by atoms with Gasteiger partial charge in [-0.3, -0.25) is 4.99 Å². The fourth-order valence-corrected chi connectivity index (χ4v) is 3.31. The van der Waals surface area contributed by atoms with E-state index in [9.17, 15) is 4.39 Å². The number of guanidine groups is 1. The quantitative estimate of drug-likeness (QED) is 0.309. The summed E-state index contributed by atoms with van der Waals surface area (Å²) >= 11 is 0. The van der Waals surface area contributed by atoms with Crippen LogP contribution >= 0.6 is 24.0 Å². The van der Waals surface area contributed by atoms with E-state index in [4.69, 9.17) is 9.47 Å². The number of aliphatic imine (C=N–C) groups is 1. The maximum absolute atomic E-state index is 13.2. The minimum Gasteiger partial charge on any atom is -0.381 e. The molecule has 0 amide bonds. The normalized spacial score (nSPS) is 14.8. The van der Waals surface area contributed by atoms with Gasteiger partial charge in [0.25, 0.3) is 0 Å². The number of hydrogen-bond donors (Lipinski definition) is 2. The smallest absolute Gasteiger partial charge is 0.191 e. The standard InChI is InChI=1S/C23H30FN3O2.HI/c1-25-23(26-11-8-18-4-3-7-21(24)15-18)27-16-19-5-2-6-20(14-19)17-29-22-9-12-28-13-10-22;/h2-7,14-15,22H,8-13,16-17H2,1H3,(H2,25,26,27);1H. The molecular formula is C23H31FIN3O2. The fourth-order valence-electron chi connectivity index (χ4n) is 3.31. The van der Waals surface area contributed by atoms with Crippen molar-refractivity contribution in [3.05, 3.63) is 71.0 Å². The van der Waals surface area contributed by atoms with E-state index in [0.29, 0.717) is 25.8 Å². The number of rotatable bonds is 8. The van der Waals surface area contributed by atoms with Gasteiger partial charge in [0.1, 0.15) is 5.82 Å². The van der Waals surface area contributed by atoms with Crippen LogP contribution in [0, 0.1) is 5.82 Å². The van der Waals surface area contributed by atoms with Gasteiger partial charge in [0.2, 0.25) is 0 Å². The number of ether oxygens (including phenoxy) is 2. The van der Waals surface area contributed by atoms with Crippen LogP contribution in [0.3, 0.4) is 0 Å². The molecule has 0 atom stereocenters. The van der Waals surface area contributed by atoms with Crippen LogP contribution in [-0.4, -0.2) is 38.9 Å². The lowest BCUT2D eigenvalue weighted by atomic mass is 10.1. The van der Waals surface area contributed by atoms with Crippen LogP contribution in [0.15, 0.2) is 53.5 Å². The van der Waals surface area contributed by atoms with Crippen molar-refractivity contribution in [3.8, 4) is 0 Å². The topological polar surface area (TPSA) is 54.9 Å². The highest BCUT2D eigenvalue weighted by molar-refractivity contribution is 14.0. The second kappa shape index (κ2) is 13.6. The Labute approximate surface area is 195 Å². The van der Waals surface area contributed by atoms with E-state index in [0.717, 1.165) is 44.0 Å². The number of halogens is 2. The molecule has 1 heterocycles. The van der Waals surface area contributed by atoms with Gasteiger partial charge in [-0.1, -0.05) is 36.4 Å². The second-order valence-corrected chi connectivity index (χ2v) is 7.18. The third-order valence-electron chi connectivity index (χ3n) is 4.92. The van der Waals surface area contributed by atoms with Crippen molar-refractivity contribution in [1.29, 1.82) is 0 Å². The first-order valence-electron chi connectivity index (χ1n) is 10.2. The zero-order valence-electron chi connectivity index (χ0n) is 17.4. The van der Waals surface area contributed by atoms with Gasteiger partial charge in [-0.05, 0) is 48.1 Å². The Hall–Kier alpha value is -1.71. The van der Waals surface area contributed by atoms with Gasteiger partial charge in [-0.15, -0.1) is 24.0 Å². The lowest BCUT2D eigenvalue weighted by molar-refractivity contribution is -0.0390. The summed E-state index contributed by atoms with van der Waals surface area (Å²) < 4.78 is 24.6. The summed E-state index contributed by atoms with van der Waals surface area (Å²) in [6.07, 6.45) is 2.97. The van der Waals surface area contributed by atoms with E-state index < -0.39 is 0 Å². The summed E-state index contributed by atoms with van der Waals surface area (Å²) in [5, 5.41) is 6.59. The summed E-state index contributed by atoms with van der Waals surface area (Å²) in [5.74, 6) is 0.524. The van der Waals surface area contributed by atoms with Crippen LogP contribution < -0.4 is 10.6 Å². The average molecular weight is 527 g/mol. The Balaban J connectivity index is 0.00000320. The van der Waals surface area contributed by atoms with Crippen molar-refractivity contribution in [2.75, 3.05) is 26.8 Å². The third-order valence-corrected chi connectivity index (χ3v) is 4.92. The summed E-state index contributed by atoms with van der Waals surface area (Å²) in [6, 6.07) is 15.1. The SMILES string of the molecule is CN=C(NCCc1cccc(F)c1)NCc1cccc(COC2CCOCC2)c1.I. The molecule has 1 aliphatic heterocycles. The molecule has 164 valence electrons. The maximum Gasteiger partial charge on any atom is 0.191 e. The summed E-state index contributed by atoms with van der Waals surface area (Å²) in [6.45, 7) is 3.56. The molecule has 3 rings (SSSR count). The monoisotopic (exact) mass is 527 g/mol. The molecule has 0 bridgehead atoms. The Morgan fingerprint density at radius 2 is 1.80 bits per heavy atom. The molecule has 0 radical (unpaired) electrons. The molecule has 0 aliphatic carbocycles. The zero-order valence-corrected chi connectivity index (χ0v) is 19.7. The van der Waals surface area contributed by atoms with Crippen LogP contribution in [-0.2, 0) is 29.0 Å². The molecule has 1 fully saturated rings. The number of hydrogen-bond acceptors (Lipinski definition) is 3. The van der Waals surface area contributed by atoms with Gasteiger partial charge in [0.05, 0.1) is 12.7 Å². The number of nitrogens with zero attached hydrogens (tertiary/aromatic N) is 1. The molecule has 0 aromatic heterocycles. The maximum atomic E-state index is 13.2. The fraction of sp³-hybridized carbons (Fsp3) is 0.435. The molecule has 30 heavy (non-hydrogen) atoms. The highest BCUT2D eigenvalue weighted by Gasteiger charge is 2.14. The van der Waals surface area contributed by atoms with Gasteiger partial charge < -0.3 is 20.1 Å². The molecular weight excluding hydrogens is 496 g/mol. The van der Waals surface area contributed by atoms with E-state index in [1.54, 1.807) is 19.2 Å². The van der Waals surface area contributed by atoms with Crippen LogP contribution in [0.5, 0.6) is 0 Å². The minimum atomic E-state index is -0.203. The molecule has 5 nitrogen and oxygen atoms in total. The minimum absolute atomic E-state index is 0. The van der Waals surface area contributed by atoms with Gasteiger partial charge >= 0.3 is 0 Å². The van der Waals surface area contributed by atoms with E-state index >= 15 is 0 Å². The molecule has 1 aliphatic rings. The zero-order chi connectivity index (χ0) is 20.3. The number of nitrogens with one attached hydrogen (secondary N) is 2. The van der Waals surface area contributed by atoms with Gasteiger partial charge in [0, 0.05) is 33.4 Å². The average Bonchev–Trinajstić information content (AvgIpc) is 2.76. The van der Waals surface area contributed by atoms with Crippen molar-refractivity contribution in [2.45, 2.75) is 38.5 Å². The van der Waals surface area contributed by atoms with E-state index in [2.05, 4.69) is 39.9 Å². The molecule has 2 aromatic rings. The van der Waals surface area contributed by atoms with Crippen LogP contribution in [0.1, 0.15) is 29.5 Å². The van der Waals surface area contributed by atoms with Crippen LogP contribution in [0.2, 0.25) is 0 Å². The molecule has 0 unspecified atom stereocenters.